The molecular formula is C13H12F2N2O3. The molecule has 20 heavy (non-hydrogen) atoms. The lowest BCUT2D eigenvalue weighted by molar-refractivity contribution is -0.173. The van der Waals surface area contributed by atoms with Gasteiger partial charge in [0.2, 0.25) is 11.7 Å². The summed E-state index contributed by atoms with van der Waals surface area (Å²) >= 11 is 0. The van der Waals surface area contributed by atoms with Gasteiger partial charge in [0, 0.05) is 18.1 Å². The van der Waals surface area contributed by atoms with Crippen LogP contribution in [0.4, 0.5) is 8.78 Å². The molecule has 1 heterocycles. The number of carbonyl (C=O) groups excluding carboxylic acids is 1. The standard InChI is InChI=1S/C13H12F2N2O3/c1-3-19-12(18)13(14,15)10-6-4-9(5-7-10)11-16-8(2)20-17-11/h4-7H,3H2,1-2H3. The molecule has 0 unspecified atom stereocenters. The lowest BCUT2D eigenvalue weighted by Crippen LogP contribution is -2.28. The molecule has 0 fully saturated rings. The van der Waals surface area contributed by atoms with Gasteiger partial charge in [-0.1, -0.05) is 29.4 Å². The summed E-state index contributed by atoms with van der Waals surface area (Å²) in [6, 6.07) is 5.06. The van der Waals surface area contributed by atoms with E-state index >= 15 is 0 Å². The van der Waals surface area contributed by atoms with E-state index in [1.165, 1.54) is 19.1 Å². The molecule has 0 radical (unpaired) electrons. The van der Waals surface area contributed by atoms with Crippen LogP contribution >= 0.6 is 0 Å². The first kappa shape index (κ1) is 14.1. The number of rotatable bonds is 4. The molecule has 0 aliphatic rings. The lowest BCUT2D eigenvalue weighted by Gasteiger charge is -2.14. The number of hydrogen-bond acceptors (Lipinski definition) is 5. The molecule has 106 valence electrons. The quantitative estimate of drug-likeness (QED) is 0.807. The third kappa shape index (κ3) is 2.66. The lowest BCUT2D eigenvalue weighted by atomic mass is 10.1. The Morgan fingerprint density at radius 2 is 2.00 bits per heavy atom. The van der Waals surface area contributed by atoms with Crippen LogP contribution in [0.15, 0.2) is 28.8 Å². The van der Waals surface area contributed by atoms with Crippen molar-refractivity contribution >= 4 is 5.97 Å². The summed E-state index contributed by atoms with van der Waals surface area (Å²) in [6.45, 7) is 2.99. The molecule has 0 saturated heterocycles. The summed E-state index contributed by atoms with van der Waals surface area (Å²) in [5, 5.41) is 3.68. The van der Waals surface area contributed by atoms with Gasteiger partial charge < -0.3 is 9.26 Å². The van der Waals surface area contributed by atoms with Crippen LogP contribution in [-0.4, -0.2) is 22.7 Å². The van der Waals surface area contributed by atoms with Gasteiger partial charge in [0.25, 0.3) is 0 Å². The summed E-state index contributed by atoms with van der Waals surface area (Å²) in [5.74, 6) is -4.57. The van der Waals surface area contributed by atoms with E-state index in [0.29, 0.717) is 17.3 Å². The molecule has 0 saturated carbocycles. The SMILES string of the molecule is CCOC(=O)C(F)(F)c1ccc(-c2noc(C)n2)cc1. The van der Waals surface area contributed by atoms with E-state index in [9.17, 15) is 13.6 Å². The van der Waals surface area contributed by atoms with Crippen LogP contribution in [0.25, 0.3) is 11.4 Å². The molecule has 2 aromatic rings. The Labute approximate surface area is 113 Å². The highest BCUT2D eigenvalue weighted by Gasteiger charge is 2.42. The number of carbonyl (C=O) groups is 1. The smallest absolute Gasteiger partial charge is 0.381 e. The van der Waals surface area contributed by atoms with Crippen molar-refractivity contribution in [3.05, 3.63) is 35.7 Å². The van der Waals surface area contributed by atoms with Crippen molar-refractivity contribution in [2.24, 2.45) is 0 Å². The highest BCUT2D eigenvalue weighted by Crippen LogP contribution is 2.30. The second-order valence-corrected chi connectivity index (χ2v) is 4.01. The topological polar surface area (TPSA) is 65.2 Å². The highest BCUT2D eigenvalue weighted by molar-refractivity contribution is 5.79. The van der Waals surface area contributed by atoms with Gasteiger partial charge in [0.1, 0.15) is 0 Å². The maximum atomic E-state index is 13.8. The zero-order chi connectivity index (χ0) is 14.8. The Kier molecular flexibility index (Phi) is 3.78. The monoisotopic (exact) mass is 282 g/mol. The number of halogens is 2. The fraction of sp³-hybridized carbons (Fsp3) is 0.308. The van der Waals surface area contributed by atoms with E-state index in [0.717, 1.165) is 12.1 Å². The normalized spacial score (nSPS) is 11.4. The van der Waals surface area contributed by atoms with Crippen molar-refractivity contribution < 1.29 is 22.8 Å². The number of aryl methyl sites for hydroxylation is 1. The fourth-order valence-corrected chi connectivity index (χ4v) is 1.58. The second-order valence-electron chi connectivity index (χ2n) is 4.01. The van der Waals surface area contributed by atoms with E-state index < -0.39 is 17.5 Å². The van der Waals surface area contributed by atoms with Gasteiger partial charge in [-0.2, -0.15) is 13.8 Å². The Morgan fingerprint density at radius 1 is 1.35 bits per heavy atom. The van der Waals surface area contributed by atoms with Gasteiger partial charge in [0.15, 0.2) is 0 Å². The molecule has 5 nitrogen and oxygen atoms in total. The first-order chi connectivity index (χ1) is 9.45. The summed E-state index contributed by atoms with van der Waals surface area (Å²) in [6.07, 6.45) is 0. The third-order valence-electron chi connectivity index (χ3n) is 2.57. The maximum Gasteiger partial charge on any atom is 0.381 e. The Morgan fingerprint density at radius 3 is 2.50 bits per heavy atom. The minimum absolute atomic E-state index is 0.103. The number of aromatic nitrogens is 2. The summed E-state index contributed by atoms with van der Waals surface area (Å²) in [4.78, 5) is 15.2. The first-order valence-electron chi connectivity index (χ1n) is 5.91. The highest BCUT2D eigenvalue weighted by atomic mass is 19.3. The van der Waals surface area contributed by atoms with Gasteiger partial charge >= 0.3 is 11.9 Å². The van der Waals surface area contributed by atoms with E-state index in [1.54, 1.807) is 6.92 Å². The van der Waals surface area contributed by atoms with Crippen molar-refractivity contribution in [2.45, 2.75) is 19.8 Å². The van der Waals surface area contributed by atoms with Gasteiger partial charge in [-0.25, -0.2) is 4.79 Å². The van der Waals surface area contributed by atoms with Crippen LogP contribution in [0.2, 0.25) is 0 Å². The molecule has 0 spiro atoms. The Hall–Kier alpha value is -2.31. The molecule has 0 N–H and O–H groups in total. The number of nitrogens with zero attached hydrogens (tertiary/aromatic N) is 2. The van der Waals surface area contributed by atoms with Crippen molar-refractivity contribution in [2.75, 3.05) is 6.61 Å². The average molecular weight is 282 g/mol. The Bertz CT molecular complexity index is 608. The number of benzene rings is 1. The van der Waals surface area contributed by atoms with E-state index in [2.05, 4.69) is 14.9 Å². The van der Waals surface area contributed by atoms with Crippen LogP contribution in [0.1, 0.15) is 18.4 Å². The van der Waals surface area contributed by atoms with Crippen LogP contribution in [0, 0.1) is 6.92 Å². The van der Waals surface area contributed by atoms with Crippen molar-refractivity contribution in [3.8, 4) is 11.4 Å². The number of ether oxygens (including phenoxy) is 1. The molecular weight excluding hydrogens is 270 g/mol. The van der Waals surface area contributed by atoms with E-state index in [-0.39, 0.29) is 6.61 Å². The zero-order valence-electron chi connectivity index (χ0n) is 10.9. The van der Waals surface area contributed by atoms with Crippen molar-refractivity contribution in [3.63, 3.8) is 0 Å². The Balaban J connectivity index is 2.26. The first-order valence-corrected chi connectivity index (χ1v) is 5.91. The minimum Gasteiger partial charge on any atom is -0.461 e. The number of alkyl halides is 2. The molecule has 0 aliphatic heterocycles. The molecule has 7 heteroatoms. The molecule has 1 aromatic heterocycles. The van der Waals surface area contributed by atoms with Crippen LogP contribution < -0.4 is 0 Å². The number of hydrogen-bond donors (Lipinski definition) is 0. The van der Waals surface area contributed by atoms with E-state index in [1.807, 2.05) is 0 Å². The average Bonchev–Trinajstić information content (AvgIpc) is 2.86. The summed E-state index contributed by atoms with van der Waals surface area (Å²) in [5.41, 5.74) is 0.0742. The van der Waals surface area contributed by atoms with Crippen LogP contribution in [0.5, 0.6) is 0 Å². The van der Waals surface area contributed by atoms with Gasteiger partial charge in [-0.15, -0.1) is 0 Å². The van der Waals surface area contributed by atoms with Gasteiger partial charge in [-0.05, 0) is 6.92 Å². The molecule has 0 aliphatic carbocycles. The molecule has 0 atom stereocenters. The molecule has 2 rings (SSSR count). The molecule has 0 amide bonds. The predicted octanol–water partition coefficient (Wildman–Crippen LogP) is 2.70. The van der Waals surface area contributed by atoms with Gasteiger partial charge in [-0.3, -0.25) is 0 Å². The van der Waals surface area contributed by atoms with Crippen molar-refractivity contribution in [1.29, 1.82) is 0 Å². The van der Waals surface area contributed by atoms with E-state index in [4.69, 9.17) is 4.52 Å². The van der Waals surface area contributed by atoms with Crippen LogP contribution in [-0.2, 0) is 15.5 Å². The maximum absolute atomic E-state index is 13.8. The minimum atomic E-state index is -3.68. The predicted molar refractivity (Wildman–Crippen MR) is 65.0 cm³/mol. The second kappa shape index (κ2) is 5.36. The third-order valence-corrected chi connectivity index (χ3v) is 2.57. The zero-order valence-corrected chi connectivity index (χ0v) is 10.9. The largest absolute Gasteiger partial charge is 0.461 e. The fourth-order valence-electron chi connectivity index (χ4n) is 1.58. The summed E-state index contributed by atoms with van der Waals surface area (Å²) < 4.78 is 36.7. The van der Waals surface area contributed by atoms with Crippen molar-refractivity contribution in [1.82, 2.24) is 10.1 Å². The summed E-state index contributed by atoms with van der Waals surface area (Å²) in [7, 11) is 0. The molecule has 1 aromatic carbocycles. The van der Waals surface area contributed by atoms with Gasteiger partial charge in [0.05, 0.1) is 6.61 Å². The van der Waals surface area contributed by atoms with Crippen LogP contribution in [0.3, 0.4) is 0 Å². The molecule has 0 bridgehead atoms. The number of esters is 1.